The van der Waals surface area contributed by atoms with Crippen LogP contribution in [0, 0.1) is 13.8 Å². The second-order valence-electron chi connectivity index (χ2n) is 6.07. The summed E-state index contributed by atoms with van der Waals surface area (Å²) in [7, 11) is 1.50. The van der Waals surface area contributed by atoms with Gasteiger partial charge in [-0.15, -0.1) is 11.3 Å². The molecule has 0 fully saturated rings. The summed E-state index contributed by atoms with van der Waals surface area (Å²) >= 11 is 1.31. The maximum absolute atomic E-state index is 12.3. The van der Waals surface area contributed by atoms with Gasteiger partial charge in [0.05, 0.1) is 6.54 Å². The second kappa shape index (κ2) is 8.62. The number of esters is 1. The monoisotopic (exact) mass is 374 g/mol. The van der Waals surface area contributed by atoms with Gasteiger partial charge < -0.3 is 15.0 Å². The number of thiophene rings is 1. The number of aryl methyl sites for hydroxylation is 2. The van der Waals surface area contributed by atoms with Crippen molar-refractivity contribution < 1.29 is 19.1 Å². The SMILES string of the molecule is Cc1ccc(NC(=O)CN(C)C(=O)[C@@H](C)OC(=O)c2ccc(C)s2)cc1. The zero-order valence-electron chi connectivity index (χ0n) is 15.2. The predicted molar refractivity (Wildman–Crippen MR) is 101 cm³/mol. The minimum Gasteiger partial charge on any atom is -0.448 e. The normalized spacial score (nSPS) is 11.5. The lowest BCUT2D eigenvalue weighted by molar-refractivity contribution is -0.140. The van der Waals surface area contributed by atoms with Gasteiger partial charge in [0, 0.05) is 17.6 Å². The van der Waals surface area contributed by atoms with E-state index in [4.69, 9.17) is 4.74 Å². The Morgan fingerprint density at radius 2 is 1.77 bits per heavy atom. The lowest BCUT2D eigenvalue weighted by Crippen LogP contribution is -2.41. The van der Waals surface area contributed by atoms with E-state index in [1.807, 2.05) is 32.0 Å². The first-order valence-corrected chi connectivity index (χ1v) is 8.97. The minimum absolute atomic E-state index is 0.132. The molecule has 0 aliphatic rings. The maximum atomic E-state index is 12.3. The lowest BCUT2D eigenvalue weighted by Gasteiger charge is -2.21. The number of amides is 2. The summed E-state index contributed by atoms with van der Waals surface area (Å²) in [5, 5.41) is 2.72. The van der Waals surface area contributed by atoms with E-state index in [0.717, 1.165) is 10.4 Å². The van der Waals surface area contributed by atoms with Gasteiger partial charge in [0.15, 0.2) is 6.10 Å². The van der Waals surface area contributed by atoms with E-state index in [1.165, 1.54) is 30.2 Å². The Labute approximate surface area is 156 Å². The van der Waals surface area contributed by atoms with Crippen LogP contribution in [0.4, 0.5) is 5.69 Å². The molecule has 1 aromatic heterocycles. The summed E-state index contributed by atoms with van der Waals surface area (Å²) in [5.74, 6) is -1.30. The fraction of sp³-hybridized carbons (Fsp3) is 0.316. The van der Waals surface area contributed by atoms with Crippen LogP contribution < -0.4 is 5.32 Å². The molecule has 0 saturated carbocycles. The molecule has 2 aromatic rings. The van der Waals surface area contributed by atoms with Gasteiger partial charge in [-0.3, -0.25) is 9.59 Å². The van der Waals surface area contributed by atoms with E-state index < -0.39 is 18.0 Å². The number of likely N-dealkylation sites (N-methyl/N-ethyl adjacent to an activating group) is 1. The third-order valence-electron chi connectivity index (χ3n) is 3.67. The molecule has 0 saturated heterocycles. The van der Waals surface area contributed by atoms with Crippen molar-refractivity contribution in [2.45, 2.75) is 26.9 Å². The van der Waals surface area contributed by atoms with Crippen LogP contribution in [0.25, 0.3) is 0 Å². The molecule has 0 bridgehead atoms. The summed E-state index contributed by atoms with van der Waals surface area (Å²) in [6, 6.07) is 10.8. The molecule has 6 nitrogen and oxygen atoms in total. The molecular weight excluding hydrogens is 352 g/mol. The average molecular weight is 374 g/mol. The first-order chi connectivity index (χ1) is 12.3. The first-order valence-electron chi connectivity index (χ1n) is 8.15. The molecule has 0 spiro atoms. The van der Waals surface area contributed by atoms with Gasteiger partial charge in [0.25, 0.3) is 5.91 Å². The van der Waals surface area contributed by atoms with Crippen molar-refractivity contribution in [3.8, 4) is 0 Å². The summed E-state index contributed by atoms with van der Waals surface area (Å²) in [4.78, 5) is 39.1. The van der Waals surface area contributed by atoms with Crippen molar-refractivity contribution in [1.82, 2.24) is 4.90 Å². The minimum atomic E-state index is -0.970. The van der Waals surface area contributed by atoms with Gasteiger partial charge in [-0.1, -0.05) is 17.7 Å². The number of rotatable bonds is 6. The van der Waals surface area contributed by atoms with E-state index in [1.54, 1.807) is 18.2 Å². The van der Waals surface area contributed by atoms with Gasteiger partial charge in [-0.25, -0.2) is 4.79 Å². The molecule has 2 amide bonds. The first kappa shape index (κ1) is 19.7. The molecule has 0 aliphatic carbocycles. The van der Waals surface area contributed by atoms with Crippen LogP contribution in [0.15, 0.2) is 36.4 Å². The Morgan fingerprint density at radius 3 is 2.35 bits per heavy atom. The number of nitrogens with one attached hydrogen (secondary N) is 1. The molecule has 0 aliphatic heterocycles. The number of ether oxygens (including phenoxy) is 1. The molecule has 1 heterocycles. The lowest BCUT2D eigenvalue weighted by atomic mass is 10.2. The van der Waals surface area contributed by atoms with Crippen LogP contribution >= 0.6 is 11.3 Å². The summed E-state index contributed by atoms with van der Waals surface area (Å²) in [5.41, 5.74) is 1.75. The van der Waals surface area contributed by atoms with Gasteiger partial charge in [-0.2, -0.15) is 0 Å². The summed E-state index contributed by atoms with van der Waals surface area (Å²) in [6.07, 6.45) is -0.970. The van der Waals surface area contributed by atoms with Gasteiger partial charge in [-0.05, 0) is 45.0 Å². The van der Waals surface area contributed by atoms with E-state index in [2.05, 4.69) is 5.32 Å². The predicted octanol–water partition coefficient (Wildman–Crippen LogP) is 3.01. The third kappa shape index (κ3) is 5.42. The number of hydrogen-bond acceptors (Lipinski definition) is 5. The quantitative estimate of drug-likeness (QED) is 0.789. The number of carbonyl (C=O) groups excluding carboxylic acids is 3. The molecule has 26 heavy (non-hydrogen) atoms. The molecule has 0 radical (unpaired) electrons. The van der Waals surface area contributed by atoms with Gasteiger partial charge in [0.2, 0.25) is 5.91 Å². The highest BCUT2D eigenvalue weighted by Gasteiger charge is 2.24. The highest BCUT2D eigenvalue weighted by atomic mass is 32.1. The van der Waals surface area contributed by atoms with Crippen molar-refractivity contribution in [3.63, 3.8) is 0 Å². The fourth-order valence-corrected chi connectivity index (χ4v) is 3.00. The number of benzene rings is 1. The molecule has 1 aromatic carbocycles. The Hall–Kier alpha value is -2.67. The van der Waals surface area contributed by atoms with Crippen LogP contribution in [0.2, 0.25) is 0 Å². The molecular formula is C19H22N2O4S. The van der Waals surface area contributed by atoms with E-state index >= 15 is 0 Å². The average Bonchev–Trinajstić information content (AvgIpc) is 3.02. The van der Waals surface area contributed by atoms with Crippen molar-refractivity contribution in [2.24, 2.45) is 0 Å². The Bertz CT molecular complexity index is 798. The fourth-order valence-electron chi connectivity index (χ4n) is 2.25. The third-order valence-corrected chi connectivity index (χ3v) is 4.65. The van der Waals surface area contributed by atoms with Crippen LogP contribution in [-0.4, -0.2) is 42.4 Å². The summed E-state index contributed by atoms with van der Waals surface area (Å²) in [6.45, 7) is 5.20. The van der Waals surface area contributed by atoms with Crippen LogP contribution in [0.3, 0.4) is 0 Å². The zero-order chi connectivity index (χ0) is 19.3. The standard InChI is InChI=1S/C19H22N2O4S/c1-12-5-8-15(9-6-12)20-17(22)11-21(4)18(23)14(3)25-19(24)16-10-7-13(2)26-16/h5-10,14H,11H2,1-4H3,(H,20,22)/t14-/m1/s1. The van der Waals surface area contributed by atoms with E-state index in [-0.39, 0.29) is 12.5 Å². The zero-order valence-corrected chi connectivity index (χ0v) is 16.1. The van der Waals surface area contributed by atoms with E-state index in [0.29, 0.717) is 10.6 Å². The molecule has 0 unspecified atom stereocenters. The largest absolute Gasteiger partial charge is 0.448 e. The van der Waals surface area contributed by atoms with Crippen LogP contribution in [0.1, 0.15) is 27.0 Å². The number of anilines is 1. The Morgan fingerprint density at radius 1 is 1.12 bits per heavy atom. The summed E-state index contributed by atoms with van der Waals surface area (Å²) < 4.78 is 5.19. The van der Waals surface area contributed by atoms with Crippen molar-refractivity contribution >= 4 is 34.8 Å². The number of nitrogens with zero attached hydrogens (tertiary/aromatic N) is 1. The topological polar surface area (TPSA) is 75.7 Å². The Kier molecular flexibility index (Phi) is 6.52. The van der Waals surface area contributed by atoms with Crippen molar-refractivity contribution in [3.05, 3.63) is 51.7 Å². The molecule has 1 N–H and O–H groups in total. The Balaban J connectivity index is 1.86. The van der Waals surface area contributed by atoms with Crippen LogP contribution in [-0.2, 0) is 14.3 Å². The number of carbonyl (C=O) groups is 3. The molecule has 2 rings (SSSR count). The van der Waals surface area contributed by atoms with Crippen molar-refractivity contribution in [2.75, 3.05) is 18.9 Å². The molecule has 1 atom stereocenters. The highest BCUT2D eigenvalue weighted by Crippen LogP contribution is 2.17. The maximum Gasteiger partial charge on any atom is 0.349 e. The van der Waals surface area contributed by atoms with Crippen LogP contribution in [0.5, 0.6) is 0 Å². The number of hydrogen-bond donors (Lipinski definition) is 1. The van der Waals surface area contributed by atoms with Gasteiger partial charge >= 0.3 is 5.97 Å². The van der Waals surface area contributed by atoms with Crippen molar-refractivity contribution in [1.29, 1.82) is 0 Å². The molecule has 7 heteroatoms. The smallest absolute Gasteiger partial charge is 0.349 e. The van der Waals surface area contributed by atoms with Gasteiger partial charge in [0.1, 0.15) is 4.88 Å². The molecule has 138 valence electrons. The highest BCUT2D eigenvalue weighted by molar-refractivity contribution is 7.13. The second-order valence-corrected chi connectivity index (χ2v) is 7.35. The van der Waals surface area contributed by atoms with E-state index in [9.17, 15) is 14.4 Å².